The Morgan fingerprint density at radius 3 is 2.30 bits per heavy atom. The van der Waals surface area contributed by atoms with E-state index in [1.165, 1.54) is 29.6 Å². The van der Waals surface area contributed by atoms with Crippen LogP contribution in [0.1, 0.15) is 31.4 Å². The maximum Gasteiger partial charge on any atom is 0.246 e. The average Bonchev–Trinajstić information content (AvgIpc) is 2.74. The SMILES string of the molecule is COc1ccc(F)cc1S(=O)(=O)N1CCC(C(=O)N[C@@H](C)c2ccc(F)cc2)CC1. The van der Waals surface area contributed by atoms with E-state index in [2.05, 4.69) is 5.32 Å². The third-order valence-corrected chi connectivity index (χ3v) is 7.22. The van der Waals surface area contributed by atoms with Gasteiger partial charge in [0.05, 0.1) is 13.2 Å². The number of nitrogens with zero attached hydrogens (tertiary/aromatic N) is 1. The van der Waals surface area contributed by atoms with Crippen molar-refractivity contribution in [2.75, 3.05) is 20.2 Å². The molecule has 0 aromatic heterocycles. The smallest absolute Gasteiger partial charge is 0.246 e. The van der Waals surface area contributed by atoms with Crippen LogP contribution in [0.4, 0.5) is 8.78 Å². The van der Waals surface area contributed by atoms with Gasteiger partial charge in [0.2, 0.25) is 15.9 Å². The summed E-state index contributed by atoms with van der Waals surface area (Å²) in [6, 6.07) is 8.96. The number of carbonyl (C=O) groups is 1. The molecule has 1 heterocycles. The van der Waals surface area contributed by atoms with Crippen LogP contribution < -0.4 is 10.1 Å². The van der Waals surface area contributed by atoms with Crippen molar-refractivity contribution in [1.82, 2.24) is 9.62 Å². The van der Waals surface area contributed by atoms with E-state index < -0.39 is 15.8 Å². The number of hydrogen-bond acceptors (Lipinski definition) is 4. The minimum absolute atomic E-state index is 0.0735. The molecule has 0 aliphatic carbocycles. The summed E-state index contributed by atoms with van der Waals surface area (Å²) < 4.78 is 58.9. The number of methoxy groups -OCH3 is 1. The third-order valence-electron chi connectivity index (χ3n) is 5.30. The number of piperidine rings is 1. The molecule has 1 atom stereocenters. The first-order valence-electron chi connectivity index (χ1n) is 9.62. The minimum atomic E-state index is -3.95. The van der Waals surface area contributed by atoms with Gasteiger partial charge >= 0.3 is 0 Å². The lowest BCUT2D eigenvalue weighted by Gasteiger charge is -2.31. The number of hydrogen-bond donors (Lipinski definition) is 1. The van der Waals surface area contributed by atoms with Crippen LogP contribution in [0.25, 0.3) is 0 Å². The van der Waals surface area contributed by atoms with Crippen molar-refractivity contribution >= 4 is 15.9 Å². The van der Waals surface area contributed by atoms with Crippen LogP contribution in [0.2, 0.25) is 0 Å². The van der Waals surface area contributed by atoms with Gasteiger partial charge in [0.15, 0.2) is 0 Å². The molecule has 0 bridgehead atoms. The first kappa shape index (κ1) is 22.2. The molecule has 1 N–H and O–H groups in total. The molecule has 1 aliphatic rings. The number of sulfonamides is 1. The van der Waals surface area contributed by atoms with Crippen LogP contribution in [0.3, 0.4) is 0 Å². The van der Waals surface area contributed by atoms with Crippen LogP contribution in [-0.2, 0) is 14.8 Å². The second-order valence-corrected chi connectivity index (χ2v) is 9.16. The normalized spacial score (nSPS) is 16.8. The van der Waals surface area contributed by atoms with Gasteiger partial charge in [-0.2, -0.15) is 4.31 Å². The fraction of sp³-hybridized carbons (Fsp3) is 0.381. The largest absolute Gasteiger partial charge is 0.495 e. The highest BCUT2D eigenvalue weighted by atomic mass is 32.2. The van der Waals surface area contributed by atoms with Crippen LogP contribution >= 0.6 is 0 Å². The molecular weight excluding hydrogens is 414 g/mol. The van der Waals surface area contributed by atoms with E-state index in [1.807, 2.05) is 0 Å². The molecule has 1 saturated heterocycles. The maximum absolute atomic E-state index is 13.6. The number of carbonyl (C=O) groups excluding carboxylic acids is 1. The molecule has 30 heavy (non-hydrogen) atoms. The lowest BCUT2D eigenvalue weighted by Crippen LogP contribution is -2.43. The molecule has 1 aliphatic heterocycles. The molecule has 0 spiro atoms. The first-order chi connectivity index (χ1) is 14.2. The van der Waals surface area contributed by atoms with Crippen LogP contribution in [0.5, 0.6) is 5.75 Å². The van der Waals surface area contributed by atoms with Gasteiger partial charge in [-0.1, -0.05) is 12.1 Å². The quantitative estimate of drug-likeness (QED) is 0.751. The van der Waals surface area contributed by atoms with E-state index in [1.54, 1.807) is 19.1 Å². The lowest BCUT2D eigenvalue weighted by atomic mass is 9.96. The van der Waals surface area contributed by atoms with Crippen molar-refractivity contribution in [3.05, 3.63) is 59.7 Å². The fourth-order valence-electron chi connectivity index (χ4n) is 3.52. The van der Waals surface area contributed by atoms with Crippen molar-refractivity contribution in [3.63, 3.8) is 0 Å². The van der Waals surface area contributed by atoms with Crippen LogP contribution in [0.15, 0.2) is 47.4 Å². The summed E-state index contributed by atoms with van der Waals surface area (Å²) >= 11 is 0. The molecule has 0 unspecified atom stereocenters. The standard InChI is InChI=1S/C21H24F2N2O4S/c1-14(15-3-5-17(22)6-4-15)24-21(26)16-9-11-25(12-10-16)30(27,28)20-13-18(23)7-8-19(20)29-2/h3-8,13-14,16H,9-12H2,1-2H3,(H,24,26)/t14-/m0/s1. The Hall–Kier alpha value is -2.52. The third kappa shape index (κ3) is 4.79. The number of nitrogens with one attached hydrogen (secondary N) is 1. The van der Waals surface area contributed by atoms with Gasteiger partial charge in [-0.05, 0) is 55.7 Å². The molecule has 2 aromatic carbocycles. The van der Waals surface area contributed by atoms with Gasteiger partial charge in [-0.25, -0.2) is 17.2 Å². The lowest BCUT2D eigenvalue weighted by molar-refractivity contribution is -0.126. The van der Waals surface area contributed by atoms with Crippen molar-refractivity contribution < 1.29 is 26.7 Å². The Labute approximate surface area is 174 Å². The molecule has 2 aromatic rings. The van der Waals surface area contributed by atoms with Gasteiger partial charge < -0.3 is 10.1 Å². The van der Waals surface area contributed by atoms with E-state index in [4.69, 9.17) is 4.74 Å². The van der Waals surface area contributed by atoms with Crippen molar-refractivity contribution in [2.45, 2.75) is 30.7 Å². The van der Waals surface area contributed by atoms with Gasteiger partial charge in [-0.3, -0.25) is 4.79 Å². The molecule has 1 amide bonds. The van der Waals surface area contributed by atoms with Gasteiger partial charge in [0.25, 0.3) is 0 Å². The summed E-state index contributed by atoms with van der Waals surface area (Å²) in [7, 11) is -2.62. The zero-order valence-corrected chi connectivity index (χ0v) is 17.6. The number of amides is 1. The van der Waals surface area contributed by atoms with Gasteiger partial charge in [0.1, 0.15) is 22.3 Å². The van der Waals surface area contributed by atoms with Crippen LogP contribution in [-0.4, -0.2) is 38.8 Å². The molecule has 3 rings (SSSR count). The molecule has 9 heteroatoms. The fourth-order valence-corrected chi connectivity index (χ4v) is 5.15. The van der Waals surface area contributed by atoms with E-state index in [0.29, 0.717) is 12.8 Å². The van der Waals surface area contributed by atoms with Crippen molar-refractivity contribution in [1.29, 1.82) is 0 Å². The summed E-state index contributed by atoms with van der Waals surface area (Å²) in [4.78, 5) is 12.4. The number of halogens is 2. The summed E-state index contributed by atoms with van der Waals surface area (Å²) in [5, 5.41) is 2.90. The second-order valence-electron chi connectivity index (χ2n) is 7.26. The molecule has 162 valence electrons. The Bertz CT molecular complexity index is 1000. The van der Waals surface area contributed by atoms with E-state index >= 15 is 0 Å². The summed E-state index contributed by atoms with van der Waals surface area (Å²) in [6.07, 6.45) is 0.692. The van der Waals surface area contributed by atoms with Crippen molar-refractivity contribution in [2.24, 2.45) is 5.92 Å². The minimum Gasteiger partial charge on any atom is -0.495 e. The van der Waals surface area contributed by atoms with Gasteiger partial charge in [0, 0.05) is 19.0 Å². The molecule has 0 radical (unpaired) electrons. The molecule has 0 saturated carbocycles. The zero-order chi connectivity index (χ0) is 21.9. The topological polar surface area (TPSA) is 75.7 Å². The van der Waals surface area contributed by atoms with E-state index in [9.17, 15) is 22.0 Å². The number of ether oxygens (including phenoxy) is 1. The van der Waals surface area contributed by atoms with Gasteiger partial charge in [-0.15, -0.1) is 0 Å². The zero-order valence-electron chi connectivity index (χ0n) is 16.8. The Kier molecular flexibility index (Phi) is 6.72. The first-order valence-corrected chi connectivity index (χ1v) is 11.1. The highest BCUT2D eigenvalue weighted by Crippen LogP contribution is 2.30. The van der Waals surface area contributed by atoms with E-state index in [0.717, 1.165) is 17.7 Å². The predicted molar refractivity (Wildman–Crippen MR) is 107 cm³/mol. The maximum atomic E-state index is 13.6. The summed E-state index contributed by atoms with van der Waals surface area (Å²) in [5.74, 6) is -1.45. The highest BCUT2D eigenvalue weighted by Gasteiger charge is 2.34. The molecular formula is C21H24F2N2O4S. The Morgan fingerprint density at radius 2 is 1.70 bits per heavy atom. The number of rotatable bonds is 6. The Balaban J connectivity index is 1.63. The highest BCUT2D eigenvalue weighted by molar-refractivity contribution is 7.89. The number of benzene rings is 2. The second kappa shape index (κ2) is 9.09. The van der Waals surface area contributed by atoms with E-state index in [-0.39, 0.29) is 47.4 Å². The van der Waals surface area contributed by atoms with Crippen molar-refractivity contribution in [3.8, 4) is 5.75 Å². The Morgan fingerprint density at radius 1 is 1.10 bits per heavy atom. The molecule has 6 nitrogen and oxygen atoms in total. The predicted octanol–water partition coefficient (Wildman–Crippen LogP) is 3.25. The summed E-state index contributed by atoms with van der Waals surface area (Å²) in [5.41, 5.74) is 0.781. The summed E-state index contributed by atoms with van der Waals surface area (Å²) in [6.45, 7) is 2.09. The van der Waals surface area contributed by atoms with Crippen LogP contribution in [0, 0.1) is 17.6 Å². The molecule has 1 fully saturated rings. The monoisotopic (exact) mass is 438 g/mol. The average molecular weight is 438 g/mol.